The van der Waals surface area contributed by atoms with Crippen LogP contribution in [0.5, 0.6) is 0 Å². The van der Waals surface area contributed by atoms with E-state index in [-0.39, 0.29) is 18.2 Å². The van der Waals surface area contributed by atoms with Crippen LogP contribution in [0.25, 0.3) is 43.6 Å². The van der Waals surface area contributed by atoms with Gasteiger partial charge in [0.2, 0.25) is 0 Å². The summed E-state index contributed by atoms with van der Waals surface area (Å²) in [7, 11) is 1.50. The van der Waals surface area contributed by atoms with Crippen LogP contribution in [0.2, 0.25) is 0 Å². The molecule has 4 heterocycles. The fourth-order valence-corrected chi connectivity index (χ4v) is 6.62. The number of nitrogens with one attached hydrogen (secondary N) is 1. The third-order valence-corrected chi connectivity index (χ3v) is 8.18. The molecule has 2 aliphatic heterocycles. The summed E-state index contributed by atoms with van der Waals surface area (Å²) in [5.41, 5.74) is 3.76. The Balaban J connectivity index is 1.58. The molecular formula is C31H27N3O7. The SMILES string of the molecule is CC(=O)O[C@H]1[C@H](C)O[C@@H](n2c3ccccc3c3c4c(c5c6ccccc6[nH]c5c32)C(=O)N(C)C4=O)C[C@@H]1OC(C)=O. The van der Waals surface area contributed by atoms with E-state index in [1.54, 1.807) is 6.92 Å². The average Bonchev–Trinajstić information content (AvgIpc) is 3.55. The van der Waals surface area contributed by atoms with Crippen LogP contribution in [0.4, 0.5) is 0 Å². The van der Waals surface area contributed by atoms with Gasteiger partial charge in [-0.05, 0) is 19.1 Å². The molecular weight excluding hydrogens is 526 g/mol. The van der Waals surface area contributed by atoms with Gasteiger partial charge in [-0.25, -0.2) is 0 Å². The van der Waals surface area contributed by atoms with Crippen molar-refractivity contribution in [3.63, 3.8) is 0 Å². The number of imide groups is 1. The molecule has 1 saturated heterocycles. The number of rotatable bonds is 3. The fraction of sp³-hybridized carbons (Fsp3) is 0.290. The van der Waals surface area contributed by atoms with Crippen LogP contribution in [0, 0.1) is 0 Å². The second-order valence-electron chi connectivity index (χ2n) is 10.7. The molecule has 10 heteroatoms. The standard InChI is InChI=1S/C31H27N3O7/c1-14-29(41-16(3)36)21(40-15(2)35)13-22(39-14)34-20-12-8-6-10-18(20)24-26-25(30(37)33(4)31(26)38)23-17-9-5-7-11-19(17)32-27(23)28(24)34/h5-12,14,21-22,29,32H,13H2,1-4H3/t14-,21-,22+,29-/m0/s1. The number of aromatic amines is 1. The summed E-state index contributed by atoms with van der Waals surface area (Å²) in [6, 6.07) is 15.3. The van der Waals surface area contributed by atoms with Gasteiger partial charge >= 0.3 is 11.9 Å². The summed E-state index contributed by atoms with van der Waals surface area (Å²) in [4.78, 5) is 55.8. The molecule has 0 saturated carbocycles. The summed E-state index contributed by atoms with van der Waals surface area (Å²) >= 11 is 0. The number of ether oxygens (including phenoxy) is 3. The monoisotopic (exact) mass is 553 g/mol. The number of aromatic nitrogens is 2. The smallest absolute Gasteiger partial charge is 0.303 e. The minimum absolute atomic E-state index is 0.196. The van der Waals surface area contributed by atoms with Gasteiger partial charge in [-0.3, -0.25) is 24.1 Å². The zero-order chi connectivity index (χ0) is 28.7. The van der Waals surface area contributed by atoms with Crippen LogP contribution >= 0.6 is 0 Å². The molecule has 0 unspecified atom stereocenters. The lowest BCUT2D eigenvalue weighted by molar-refractivity contribution is -0.213. The molecule has 0 bridgehead atoms. The third kappa shape index (κ3) is 3.53. The topological polar surface area (TPSA) is 120 Å². The molecule has 2 aromatic heterocycles. The van der Waals surface area contributed by atoms with Crippen molar-refractivity contribution in [3.8, 4) is 0 Å². The molecule has 3 aromatic carbocycles. The number of esters is 2. The van der Waals surface area contributed by atoms with E-state index in [4.69, 9.17) is 14.2 Å². The van der Waals surface area contributed by atoms with Gasteiger partial charge in [-0.2, -0.15) is 0 Å². The van der Waals surface area contributed by atoms with Gasteiger partial charge < -0.3 is 23.8 Å². The maximum atomic E-state index is 13.7. The highest BCUT2D eigenvalue weighted by atomic mass is 16.6. The van der Waals surface area contributed by atoms with Gasteiger partial charge in [-0.15, -0.1) is 0 Å². The van der Waals surface area contributed by atoms with Crippen LogP contribution in [0.1, 0.15) is 54.1 Å². The Kier molecular flexibility index (Phi) is 5.49. The minimum Gasteiger partial charge on any atom is -0.458 e. The lowest BCUT2D eigenvalue weighted by Gasteiger charge is -2.40. The van der Waals surface area contributed by atoms with E-state index >= 15 is 0 Å². The van der Waals surface area contributed by atoms with Gasteiger partial charge in [0.25, 0.3) is 11.8 Å². The van der Waals surface area contributed by atoms with Crippen LogP contribution in [-0.4, -0.2) is 63.6 Å². The number of hydrogen-bond acceptors (Lipinski definition) is 7. The van der Waals surface area contributed by atoms with Gasteiger partial charge in [0.15, 0.2) is 6.10 Å². The zero-order valence-electron chi connectivity index (χ0n) is 22.9. The van der Waals surface area contributed by atoms with E-state index < -0.39 is 36.5 Å². The van der Waals surface area contributed by atoms with E-state index in [1.807, 2.05) is 53.1 Å². The summed E-state index contributed by atoms with van der Waals surface area (Å²) in [6.45, 7) is 4.40. The molecule has 2 aliphatic rings. The number of benzene rings is 3. The minimum atomic E-state index is -0.786. The van der Waals surface area contributed by atoms with Crippen molar-refractivity contribution in [2.24, 2.45) is 0 Å². The van der Waals surface area contributed by atoms with Crippen molar-refractivity contribution >= 4 is 67.4 Å². The first kappa shape index (κ1) is 25.3. The predicted molar refractivity (Wildman–Crippen MR) is 151 cm³/mol. The molecule has 2 amide bonds. The number of carbonyl (C=O) groups is 4. The molecule has 5 aromatic rings. The van der Waals surface area contributed by atoms with Crippen molar-refractivity contribution in [2.45, 2.75) is 51.7 Å². The third-order valence-electron chi connectivity index (χ3n) is 8.18. The fourth-order valence-electron chi connectivity index (χ4n) is 6.62. The maximum absolute atomic E-state index is 13.7. The molecule has 1 N–H and O–H groups in total. The number of carbonyl (C=O) groups excluding carboxylic acids is 4. The second kappa shape index (κ2) is 8.90. The van der Waals surface area contributed by atoms with Crippen molar-refractivity contribution in [1.29, 1.82) is 0 Å². The predicted octanol–water partition coefficient (Wildman–Crippen LogP) is 4.83. The van der Waals surface area contributed by atoms with E-state index in [9.17, 15) is 19.2 Å². The highest BCUT2D eigenvalue weighted by Gasteiger charge is 2.44. The van der Waals surface area contributed by atoms with Crippen molar-refractivity contribution in [1.82, 2.24) is 14.5 Å². The molecule has 208 valence electrons. The Hall–Kier alpha value is -4.70. The van der Waals surface area contributed by atoms with E-state index in [0.29, 0.717) is 32.9 Å². The van der Waals surface area contributed by atoms with Crippen LogP contribution in [0.15, 0.2) is 48.5 Å². The molecule has 10 nitrogen and oxygen atoms in total. The lowest BCUT2D eigenvalue weighted by Crippen LogP contribution is -2.49. The number of para-hydroxylation sites is 2. The lowest BCUT2D eigenvalue weighted by atomic mass is 9.96. The Morgan fingerprint density at radius 1 is 0.902 bits per heavy atom. The summed E-state index contributed by atoms with van der Waals surface area (Å²) in [6.07, 6.45) is -2.61. The van der Waals surface area contributed by atoms with Crippen molar-refractivity contribution < 1.29 is 33.4 Å². The molecule has 0 radical (unpaired) electrons. The Labute approximate surface area is 233 Å². The molecule has 0 aliphatic carbocycles. The Morgan fingerprint density at radius 3 is 2.24 bits per heavy atom. The first-order valence-electron chi connectivity index (χ1n) is 13.5. The zero-order valence-corrected chi connectivity index (χ0v) is 22.9. The van der Waals surface area contributed by atoms with Gasteiger partial charge in [0.05, 0.1) is 33.8 Å². The van der Waals surface area contributed by atoms with Gasteiger partial charge in [0, 0.05) is 54.4 Å². The second-order valence-corrected chi connectivity index (χ2v) is 10.7. The number of amides is 2. The highest BCUT2D eigenvalue weighted by molar-refractivity contribution is 6.39. The van der Waals surface area contributed by atoms with Gasteiger partial charge in [0.1, 0.15) is 12.3 Å². The molecule has 0 spiro atoms. The normalized spacial score (nSPS) is 22.7. The number of H-pyrrole nitrogens is 1. The van der Waals surface area contributed by atoms with Crippen LogP contribution in [0.3, 0.4) is 0 Å². The summed E-state index contributed by atoms with van der Waals surface area (Å²) in [5.74, 6) is -1.71. The molecule has 1 fully saturated rings. The first-order valence-corrected chi connectivity index (χ1v) is 13.5. The van der Waals surface area contributed by atoms with Crippen LogP contribution in [-0.2, 0) is 23.8 Å². The molecule has 7 rings (SSSR count). The number of hydrogen-bond donors (Lipinski definition) is 1. The van der Waals surface area contributed by atoms with E-state index in [2.05, 4.69) is 4.98 Å². The van der Waals surface area contributed by atoms with E-state index in [0.717, 1.165) is 26.7 Å². The summed E-state index contributed by atoms with van der Waals surface area (Å²) in [5, 5.41) is 2.95. The average molecular weight is 554 g/mol. The van der Waals surface area contributed by atoms with Crippen molar-refractivity contribution in [2.75, 3.05) is 7.05 Å². The molecule has 4 atom stereocenters. The molecule has 41 heavy (non-hydrogen) atoms. The number of fused-ring (bicyclic) bond motifs is 10. The summed E-state index contributed by atoms with van der Waals surface area (Å²) < 4.78 is 19.7. The first-order chi connectivity index (χ1) is 19.7. The van der Waals surface area contributed by atoms with Gasteiger partial charge in [-0.1, -0.05) is 36.4 Å². The largest absolute Gasteiger partial charge is 0.458 e. The Bertz CT molecular complexity index is 1970. The quantitative estimate of drug-likeness (QED) is 0.251. The maximum Gasteiger partial charge on any atom is 0.303 e. The van der Waals surface area contributed by atoms with Crippen molar-refractivity contribution in [3.05, 3.63) is 59.7 Å². The van der Waals surface area contributed by atoms with E-state index in [1.165, 1.54) is 20.9 Å². The highest BCUT2D eigenvalue weighted by Crippen LogP contribution is 2.47. The Morgan fingerprint density at radius 2 is 1.54 bits per heavy atom. The number of nitrogens with zero attached hydrogens (tertiary/aromatic N) is 2. The van der Waals surface area contributed by atoms with Crippen LogP contribution < -0.4 is 0 Å².